The van der Waals surface area contributed by atoms with E-state index in [0.29, 0.717) is 12.4 Å². The van der Waals surface area contributed by atoms with Gasteiger partial charge in [0.25, 0.3) is 0 Å². The van der Waals surface area contributed by atoms with Crippen LogP contribution in [0.2, 0.25) is 0 Å². The molecule has 1 N–H and O–H groups in total. The Kier molecular flexibility index (Phi) is 6.85. The van der Waals surface area contributed by atoms with E-state index in [-0.39, 0.29) is 23.7 Å². The van der Waals surface area contributed by atoms with E-state index in [9.17, 15) is 4.79 Å². The zero-order valence-electron chi connectivity index (χ0n) is 17.8. The van der Waals surface area contributed by atoms with E-state index in [1.54, 1.807) is 12.3 Å². The maximum atomic E-state index is 12.7. The van der Waals surface area contributed by atoms with Crippen molar-refractivity contribution in [1.29, 1.82) is 5.26 Å². The summed E-state index contributed by atoms with van der Waals surface area (Å²) in [6.45, 7) is 10.2. The number of benzene rings is 1. The number of hydrogen-bond donors (Lipinski definition) is 1. The molecule has 1 amide bonds. The van der Waals surface area contributed by atoms with Gasteiger partial charge in [-0.25, -0.2) is 9.97 Å². The van der Waals surface area contributed by atoms with Crippen molar-refractivity contribution in [2.75, 3.05) is 54.5 Å². The van der Waals surface area contributed by atoms with Crippen molar-refractivity contribution < 1.29 is 9.53 Å². The molecule has 1 saturated heterocycles. The van der Waals surface area contributed by atoms with Gasteiger partial charge in [0.2, 0.25) is 11.7 Å². The van der Waals surface area contributed by atoms with E-state index < -0.39 is 0 Å². The number of amides is 1. The zero-order valence-corrected chi connectivity index (χ0v) is 17.8. The topological polar surface area (TPSA) is 94.4 Å². The number of aromatic nitrogens is 2. The molecule has 1 aliphatic heterocycles. The predicted octanol–water partition coefficient (Wildman–Crippen LogP) is 2.68. The van der Waals surface area contributed by atoms with Crippen molar-refractivity contribution in [2.45, 2.75) is 20.8 Å². The van der Waals surface area contributed by atoms with Crippen molar-refractivity contribution in [3.8, 4) is 6.07 Å². The van der Waals surface area contributed by atoms with E-state index in [0.717, 1.165) is 37.7 Å². The summed E-state index contributed by atoms with van der Waals surface area (Å²) in [6.07, 6.45) is 1.54. The Morgan fingerprint density at radius 1 is 1.23 bits per heavy atom. The Labute approximate surface area is 177 Å². The third kappa shape index (κ3) is 6.16. The molecule has 8 nitrogen and oxygen atoms in total. The molecular formula is C22H28N6O2. The summed E-state index contributed by atoms with van der Waals surface area (Å²) < 4.78 is 5.39. The zero-order chi connectivity index (χ0) is 21.6. The average molecular weight is 409 g/mol. The first-order valence-corrected chi connectivity index (χ1v) is 10.0. The molecule has 0 saturated carbocycles. The highest BCUT2D eigenvalue weighted by Gasteiger charge is 2.21. The Hall–Kier alpha value is -3.18. The van der Waals surface area contributed by atoms with E-state index in [2.05, 4.69) is 41.0 Å². The molecule has 30 heavy (non-hydrogen) atoms. The Morgan fingerprint density at radius 3 is 2.57 bits per heavy atom. The molecule has 0 unspecified atom stereocenters. The molecule has 2 aromatic rings. The van der Waals surface area contributed by atoms with Crippen LogP contribution < -0.4 is 15.1 Å². The predicted molar refractivity (Wildman–Crippen MR) is 117 cm³/mol. The van der Waals surface area contributed by atoms with Gasteiger partial charge in [-0.3, -0.25) is 4.79 Å². The van der Waals surface area contributed by atoms with E-state index >= 15 is 0 Å². The molecule has 8 heteroatoms. The van der Waals surface area contributed by atoms with Crippen molar-refractivity contribution >= 4 is 23.1 Å². The van der Waals surface area contributed by atoms with Crippen LogP contribution >= 0.6 is 0 Å². The third-order valence-electron chi connectivity index (χ3n) is 4.59. The van der Waals surface area contributed by atoms with Crippen LogP contribution in [0.1, 0.15) is 26.6 Å². The summed E-state index contributed by atoms with van der Waals surface area (Å²) in [5.74, 6) is 0.510. The first kappa shape index (κ1) is 21.5. The molecule has 0 bridgehead atoms. The van der Waals surface area contributed by atoms with Gasteiger partial charge in [0, 0.05) is 37.2 Å². The van der Waals surface area contributed by atoms with Crippen LogP contribution in [0.5, 0.6) is 0 Å². The maximum Gasteiger partial charge on any atom is 0.243 e. The Bertz CT molecular complexity index is 895. The SMILES string of the molecule is CC(C)(C)CN(CC(=O)Nc1ccc(N2CCOCC2)cc1)c1ccnc(C#N)n1. The standard InChI is InChI=1S/C22H28N6O2/c1-22(2,3)16-28(20-8-9-24-19(14-23)26-20)15-21(29)25-17-4-6-18(7-5-17)27-10-12-30-13-11-27/h4-9H,10-13,15-16H2,1-3H3,(H,25,29). The number of hydrogen-bond acceptors (Lipinski definition) is 7. The molecule has 0 atom stereocenters. The van der Waals surface area contributed by atoms with Crippen LogP contribution in [-0.4, -0.2) is 55.3 Å². The number of nitrogens with one attached hydrogen (secondary N) is 1. The van der Waals surface area contributed by atoms with Crippen LogP contribution in [0.15, 0.2) is 36.5 Å². The maximum absolute atomic E-state index is 12.7. The van der Waals surface area contributed by atoms with Gasteiger partial charge in [0.15, 0.2) is 0 Å². The quantitative estimate of drug-likeness (QED) is 0.785. The molecule has 0 radical (unpaired) electrons. The van der Waals surface area contributed by atoms with Crippen molar-refractivity contribution in [1.82, 2.24) is 9.97 Å². The largest absolute Gasteiger partial charge is 0.378 e. The lowest BCUT2D eigenvalue weighted by Crippen LogP contribution is -2.39. The van der Waals surface area contributed by atoms with Gasteiger partial charge in [0.1, 0.15) is 11.9 Å². The summed E-state index contributed by atoms with van der Waals surface area (Å²) in [5, 5.41) is 12.0. The molecule has 1 aromatic heterocycles. The van der Waals surface area contributed by atoms with Crippen molar-refractivity contribution in [3.05, 3.63) is 42.4 Å². The van der Waals surface area contributed by atoms with E-state index in [1.165, 1.54) is 0 Å². The number of anilines is 3. The van der Waals surface area contributed by atoms with Gasteiger partial charge >= 0.3 is 0 Å². The minimum absolute atomic E-state index is 0.0577. The summed E-state index contributed by atoms with van der Waals surface area (Å²) in [4.78, 5) is 25.1. The first-order valence-electron chi connectivity index (χ1n) is 10.0. The second kappa shape index (κ2) is 9.55. The highest BCUT2D eigenvalue weighted by atomic mass is 16.5. The highest BCUT2D eigenvalue weighted by molar-refractivity contribution is 5.94. The smallest absolute Gasteiger partial charge is 0.243 e. The molecule has 3 rings (SSSR count). The van der Waals surface area contributed by atoms with Gasteiger partial charge in [-0.05, 0) is 35.7 Å². The average Bonchev–Trinajstić information content (AvgIpc) is 2.73. The highest BCUT2D eigenvalue weighted by Crippen LogP contribution is 2.21. The summed E-state index contributed by atoms with van der Waals surface area (Å²) in [5.41, 5.74) is 1.81. The van der Waals surface area contributed by atoms with E-state index in [4.69, 9.17) is 10.00 Å². The molecule has 0 spiro atoms. The number of morpholine rings is 1. The van der Waals surface area contributed by atoms with Crippen molar-refractivity contribution in [2.24, 2.45) is 5.41 Å². The third-order valence-corrected chi connectivity index (χ3v) is 4.59. The number of rotatable bonds is 6. The fourth-order valence-electron chi connectivity index (χ4n) is 3.32. The van der Waals surface area contributed by atoms with Crippen LogP contribution in [0, 0.1) is 16.7 Å². The van der Waals surface area contributed by atoms with Crippen LogP contribution in [0.4, 0.5) is 17.2 Å². The molecule has 0 aliphatic carbocycles. The van der Waals surface area contributed by atoms with Gasteiger partial charge in [0.05, 0.1) is 19.8 Å². The summed E-state index contributed by atoms with van der Waals surface area (Å²) in [7, 11) is 0. The molecule has 2 heterocycles. The first-order chi connectivity index (χ1) is 14.3. The van der Waals surface area contributed by atoms with Gasteiger partial charge < -0.3 is 19.9 Å². The van der Waals surface area contributed by atoms with Gasteiger partial charge in [-0.1, -0.05) is 20.8 Å². The van der Waals surface area contributed by atoms with Gasteiger partial charge in [-0.15, -0.1) is 0 Å². The lowest BCUT2D eigenvalue weighted by molar-refractivity contribution is -0.115. The number of carbonyl (C=O) groups is 1. The lowest BCUT2D eigenvalue weighted by atomic mass is 9.96. The fraction of sp³-hybridized carbons (Fsp3) is 0.455. The fourth-order valence-corrected chi connectivity index (χ4v) is 3.32. The molecule has 158 valence electrons. The second-order valence-electron chi connectivity index (χ2n) is 8.46. The number of nitrogens with zero attached hydrogens (tertiary/aromatic N) is 5. The van der Waals surface area contributed by atoms with Crippen LogP contribution in [-0.2, 0) is 9.53 Å². The van der Waals surface area contributed by atoms with Crippen LogP contribution in [0.3, 0.4) is 0 Å². The number of ether oxygens (including phenoxy) is 1. The van der Waals surface area contributed by atoms with E-state index in [1.807, 2.05) is 35.2 Å². The van der Waals surface area contributed by atoms with Gasteiger partial charge in [-0.2, -0.15) is 5.26 Å². The van der Waals surface area contributed by atoms with Crippen molar-refractivity contribution in [3.63, 3.8) is 0 Å². The summed E-state index contributed by atoms with van der Waals surface area (Å²) in [6, 6.07) is 11.5. The molecule has 1 aromatic carbocycles. The Morgan fingerprint density at radius 2 is 1.93 bits per heavy atom. The minimum Gasteiger partial charge on any atom is -0.378 e. The molecule has 1 aliphatic rings. The normalized spacial score (nSPS) is 14.1. The Balaban J connectivity index is 1.67. The monoisotopic (exact) mass is 408 g/mol. The minimum atomic E-state index is -0.143. The summed E-state index contributed by atoms with van der Waals surface area (Å²) >= 11 is 0. The number of nitriles is 1. The molecular weight excluding hydrogens is 380 g/mol. The lowest BCUT2D eigenvalue weighted by Gasteiger charge is -2.30. The number of carbonyl (C=O) groups excluding carboxylic acids is 1. The van der Waals surface area contributed by atoms with Crippen LogP contribution in [0.25, 0.3) is 0 Å². The molecule has 1 fully saturated rings. The second-order valence-corrected chi connectivity index (χ2v) is 8.46.